The second-order valence-electron chi connectivity index (χ2n) is 5.27. The molecule has 0 unspecified atom stereocenters. The van der Waals surface area contributed by atoms with Gasteiger partial charge in [0.1, 0.15) is 0 Å². The lowest BCUT2D eigenvalue weighted by Crippen LogP contribution is -2.42. The van der Waals surface area contributed by atoms with Gasteiger partial charge >= 0.3 is 6.03 Å². The number of carbonyl (C=O) groups excluding carboxylic acids is 2. The van der Waals surface area contributed by atoms with Crippen LogP contribution >= 0.6 is 11.8 Å². The Labute approximate surface area is 144 Å². The zero-order valence-corrected chi connectivity index (χ0v) is 14.8. The summed E-state index contributed by atoms with van der Waals surface area (Å²) in [6.45, 7) is 7.91. The van der Waals surface area contributed by atoms with Gasteiger partial charge < -0.3 is 5.32 Å². The van der Waals surface area contributed by atoms with Gasteiger partial charge in [0.2, 0.25) is 11.1 Å². The van der Waals surface area contributed by atoms with E-state index in [0.29, 0.717) is 11.7 Å². The van der Waals surface area contributed by atoms with Crippen LogP contribution in [0.25, 0.3) is 5.69 Å². The number of urea groups is 1. The number of thioether (sulfide) groups is 1. The highest BCUT2D eigenvalue weighted by atomic mass is 32.2. The fourth-order valence-electron chi connectivity index (χ4n) is 2.08. The summed E-state index contributed by atoms with van der Waals surface area (Å²) in [4.78, 5) is 23.5. The summed E-state index contributed by atoms with van der Waals surface area (Å²) >= 11 is 1.19. The van der Waals surface area contributed by atoms with Gasteiger partial charge in [0, 0.05) is 6.54 Å². The highest BCUT2D eigenvalue weighted by Gasteiger charge is 2.21. The summed E-state index contributed by atoms with van der Waals surface area (Å²) in [5, 5.41) is 16.4. The zero-order chi connectivity index (χ0) is 17.7. The zero-order valence-electron chi connectivity index (χ0n) is 14.0. The number of aromatic nitrogens is 4. The van der Waals surface area contributed by atoms with Crippen LogP contribution in [-0.4, -0.2) is 43.9 Å². The normalized spacial score (nSPS) is 11.8. The van der Waals surface area contributed by atoms with Crippen molar-refractivity contribution in [3.63, 3.8) is 0 Å². The number of hydrogen-bond acceptors (Lipinski definition) is 6. The first-order valence-electron chi connectivity index (χ1n) is 7.53. The third-order valence-corrected chi connectivity index (χ3v) is 4.28. The molecule has 2 N–H and O–H groups in total. The molecule has 1 aromatic heterocycles. The van der Waals surface area contributed by atoms with E-state index in [9.17, 15) is 9.59 Å². The maximum atomic E-state index is 12.0. The molecular weight excluding hydrogens is 328 g/mol. The summed E-state index contributed by atoms with van der Waals surface area (Å²) < 4.78 is 1.59. The quantitative estimate of drug-likeness (QED) is 0.796. The van der Waals surface area contributed by atoms with Crippen LogP contribution in [0, 0.1) is 13.8 Å². The third kappa shape index (κ3) is 4.31. The molecule has 2 aromatic rings. The van der Waals surface area contributed by atoms with Crippen molar-refractivity contribution in [3.8, 4) is 5.69 Å². The Hall–Kier alpha value is -2.42. The molecule has 0 aliphatic carbocycles. The summed E-state index contributed by atoms with van der Waals surface area (Å²) in [6.07, 6.45) is 0. The molecule has 0 aliphatic heterocycles. The molecule has 8 nitrogen and oxygen atoms in total. The van der Waals surface area contributed by atoms with Crippen LogP contribution in [0.15, 0.2) is 23.4 Å². The Morgan fingerprint density at radius 2 is 2.08 bits per heavy atom. The largest absolute Gasteiger partial charge is 0.338 e. The Kier molecular flexibility index (Phi) is 5.91. The number of hydrogen-bond donors (Lipinski definition) is 2. The molecule has 1 atom stereocenters. The monoisotopic (exact) mass is 348 g/mol. The number of tetrazole rings is 1. The average molecular weight is 348 g/mol. The van der Waals surface area contributed by atoms with Gasteiger partial charge in [-0.3, -0.25) is 10.1 Å². The van der Waals surface area contributed by atoms with E-state index < -0.39 is 17.2 Å². The first-order chi connectivity index (χ1) is 11.4. The lowest BCUT2D eigenvalue weighted by atomic mass is 10.1. The molecule has 0 saturated carbocycles. The summed E-state index contributed by atoms with van der Waals surface area (Å²) in [5.41, 5.74) is 3.03. The van der Waals surface area contributed by atoms with Crippen LogP contribution in [0.3, 0.4) is 0 Å². The van der Waals surface area contributed by atoms with Gasteiger partial charge in [-0.25, -0.2) is 4.79 Å². The number of imide groups is 1. The van der Waals surface area contributed by atoms with Gasteiger partial charge in [-0.1, -0.05) is 29.5 Å². The van der Waals surface area contributed by atoms with E-state index in [2.05, 4.69) is 26.2 Å². The number of nitrogens with one attached hydrogen (secondary N) is 2. The standard InChI is InChI=1S/C15H20N6O2S/c1-5-16-14(23)17-13(22)11(4)24-15-18-19-20-21(15)12-7-6-9(2)8-10(12)3/h6-8,11H,5H2,1-4H3,(H2,16,17,22,23)/t11-/m0/s1. The fraction of sp³-hybridized carbons (Fsp3) is 0.400. The van der Waals surface area contributed by atoms with E-state index in [1.165, 1.54) is 11.8 Å². The van der Waals surface area contributed by atoms with Crippen molar-refractivity contribution in [2.45, 2.75) is 38.1 Å². The van der Waals surface area contributed by atoms with Crippen molar-refractivity contribution in [2.24, 2.45) is 0 Å². The van der Waals surface area contributed by atoms with Gasteiger partial charge in [0.15, 0.2) is 0 Å². The number of benzene rings is 1. The lowest BCUT2D eigenvalue weighted by molar-refractivity contribution is -0.119. The summed E-state index contributed by atoms with van der Waals surface area (Å²) in [7, 11) is 0. The van der Waals surface area contributed by atoms with Gasteiger partial charge in [-0.15, -0.1) is 5.10 Å². The van der Waals surface area contributed by atoms with Crippen LogP contribution in [0.4, 0.5) is 4.79 Å². The average Bonchev–Trinajstić information content (AvgIpc) is 2.95. The molecule has 128 valence electrons. The Morgan fingerprint density at radius 1 is 1.33 bits per heavy atom. The maximum absolute atomic E-state index is 12.0. The second-order valence-corrected chi connectivity index (χ2v) is 6.58. The molecule has 0 saturated heterocycles. The Balaban J connectivity index is 2.13. The van der Waals surface area contributed by atoms with Crippen LogP contribution in [0.2, 0.25) is 0 Å². The number of nitrogens with zero attached hydrogens (tertiary/aromatic N) is 4. The molecule has 0 spiro atoms. The third-order valence-electron chi connectivity index (χ3n) is 3.25. The summed E-state index contributed by atoms with van der Waals surface area (Å²) in [5.74, 6) is -0.402. The molecule has 2 rings (SSSR count). The van der Waals surface area contributed by atoms with E-state index in [-0.39, 0.29) is 0 Å². The molecule has 3 amide bonds. The molecule has 1 aromatic carbocycles. The molecule has 0 aliphatic rings. The van der Waals surface area contributed by atoms with Crippen molar-refractivity contribution < 1.29 is 9.59 Å². The first kappa shape index (κ1) is 17.9. The van der Waals surface area contributed by atoms with Crippen molar-refractivity contribution in [1.29, 1.82) is 0 Å². The second kappa shape index (κ2) is 7.91. The minimum atomic E-state index is -0.525. The molecule has 0 fully saturated rings. The van der Waals surface area contributed by atoms with Crippen molar-refractivity contribution in [2.75, 3.05) is 6.54 Å². The minimum absolute atomic E-state index is 0.402. The van der Waals surface area contributed by atoms with Crippen LogP contribution in [0.1, 0.15) is 25.0 Å². The fourth-order valence-corrected chi connectivity index (χ4v) is 2.88. The number of rotatable bonds is 5. The number of aryl methyl sites for hydroxylation is 2. The van der Waals surface area contributed by atoms with Crippen LogP contribution < -0.4 is 10.6 Å². The van der Waals surface area contributed by atoms with Gasteiger partial charge in [0.05, 0.1) is 10.9 Å². The summed E-state index contributed by atoms with van der Waals surface area (Å²) in [6, 6.07) is 5.44. The van der Waals surface area contributed by atoms with E-state index >= 15 is 0 Å². The van der Waals surface area contributed by atoms with Gasteiger partial charge in [-0.05, 0) is 49.8 Å². The van der Waals surface area contributed by atoms with Crippen LogP contribution in [0.5, 0.6) is 0 Å². The van der Waals surface area contributed by atoms with E-state index in [0.717, 1.165) is 16.8 Å². The first-order valence-corrected chi connectivity index (χ1v) is 8.41. The molecule has 9 heteroatoms. The van der Waals surface area contributed by atoms with Gasteiger partial charge in [0.25, 0.3) is 0 Å². The minimum Gasteiger partial charge on any atom is -0.338 e. The Bertz CT molecular complexity index is 745. The highest BCUT2D eigenvalue weighted by molar-refractivity contribution is 8.00. The lowest BCUT2D eigenvalue weighted by Gasteiger charge is -2.12. The molecule has 1 heterocycles. The van der Waals surface area contributed by atoms with E-state index in [4.69, 9.17) is 0 Å². The Morgan fingerprint density at radius 3 is 2.75 bits per heavy atom. The predicted molar refractivity (Wildman–Crippen MR) is 91.2 cm³/mol. The van der Waals surface area contributed by atoms with Crippen molar-refractivity contribution >= 4 is 23.7 Å². The number of amides is 3. The molecule has 0 radical (unpaired) electrons. The maximum Gasteiger partial charge on any atom is 0.321 e. The molecule has 24 heavy (non-hydrogen) atoms. The molecular formula is C15H20N6O2S. The van der Waals surface area contributed by atoms with E-state index in [1.54, 1.807) is 18.5 Å². The van der Waals surface area contributed by atoms with Crippen LogP contribution in [-0.2, 0) is 4.79 Å². The van der Waals surface area contributed by atoms with Crippen molar-refractivity contribution in [1.82, 2.24) is 30.8 Å². The molecule has 0 bridgehead atoms. The predicted octanol–water partition coefficient (Wildman–Crippen LogP) is 1.61. The smallest absolute Gasteiger partial charge is 0.321 e. The van der Waals surface area contributed by atoms with Gasteiger partial charge in [-0.2, -0.15) is 4.68 Å². The van der Waals surface area contributed by atoms with E-state index in [1.807, 2.05) is 32.0 Å². The van der Waals surface area contributed by atoms with Crippen molar-refractivity contribution in [3.05, 3.63) is 29.3 Å². The topological polar surface area (TPSA) is 102 Å². The highest BCUT2D eigenvalue weighted by Crippen LogP contribution is 2.24. The SMILES string of the molecule is CCNC(=O)NC(=O)[C@H](C)Sc1nnnn1-c1ccc(C)cc1C. The number of carbonyl (C=O) groups is 2.